The topological polar surface area (TPSA) is 38.0 Å². The molecule has 0 amide bonds. The SMILES string of the molecule is CC(N)CCNc1cc(Br)cs1. The first kappa shape index (κ1) is 10.0. The summed E-state index contributed by atoms with van der Waals surface area (Å²) < 4.78 is 1.13. The zero-order chi connectivity index (χ0) is 8.97. The number of nitrogens with two attached hydrogens (primary N) is 1. The van der Waals surface area contributed by atoms with E-state index in [1.807, 2.05) is 6.92 Å². The summed E-state index contributed by atoms with van der Waals surface area (Å²) in [5, 5.41) is 6.57. The molecular formula is C8H13BrN2S. The smallest absolute Gasteiger partial charge is 0.0894 e. The van der Waals surface area contributed by atoms with Crippen molar-refractivity contribution in [1.29, 1.82) is 0 Å². The quantitative estimate of drug-likeness (QED) is 0.860. The molecule has 1 rings (SSSR count). The first-order chi connectivity index (χ1) is 5.68. The van der Waals surface area contributed by atoms with Crippen LogP contribution in [0.25, 0.3) is 0 Å². The summed E-state index contributed by atoms with van der Waals surface area (Å²) in [6, 6.07) is 2.35. The second kappa shape index (κ2) is 4.84. The molecule has 1 unspecified atom stereocenters. The number of rotatable bonds is 4. The molecule has 0 fully saturated rings. The second-order valence-corrected chi connectivity index (χ2v) is 4.65. The van der Waals surface area contributed by atoms with Gasteiger partial charge in [0.05, 0.1) is 5.00 Å². The fraction of sp³-hybridized carbons (Fsp3) is 0.500. The predicted octanol–water partition coefficient (Wildman–Crippen LogP) is 2.66. The number of anilines is 1. The molecule has 0 aliphatic rings. The van der Waals surface area contributed by atoms with Crippen molar-refractivity contribution >= 4 is 32.3 Å². The summed E-state index contributed by atoms with van der Waals surface area (Å²) in [7, 11) is 0. The summed E-state index contributed by atoms with van der Waals surface area (Å²) in [5.41, 5.74) is 5.62. The zero-order valence-corrected chi connectivity index (χ0v) is 9.41. The van der Waals surface area contributed by atoms with Gasteiger partial charge in [0.15, 0.2) is 0 Å². The first-order valence-electron chi connectivity index (χ1n) is 3.92. The molecule has 3 N–H and O–H groups in total. The van der Waals surface area contributed by atoms with Gasteiger partial charge in [-0.05, 0) is 35.3 Å². The number of nitrogens with one attached hydrogen (secondary N) is 1. The summed E-state index contributed by atoms with van der Waals surface area (Å²) in [6.45, 7) is 2.97. The average molecular weight is 249 g/mol. The van der Waals surface area contributed by atoms with Gasteiger partial charge in [0.2, 0.25) is 0 Å². The molecule has 68 valence electrons. The van der Waals surface area contributed by atoms with Crippen LogP contribution < -0.4 is 11.1 Å². The van der Waals surface area contributed by atoms with E-state index in [4.69, 9.17) is 5.73 Å². The van der Waals surface area contributed by atoms with Gasteiger partial charge in [-0.3, -0.25) is 0 Å². The van der Waals surface area contributed by atoms with Crippen LogP contribution in [0.5, 0.6) is 0 Å². The molecule has 0 saturated heterocycles. The van der Waals surface area contributed by atoms with E-state index in [-0.39, 0.29) is 6.04 Å². The second-order valence-electron chi connectivity index (χ2n) is 2.82. The third kappa shape index (κ3) is 3.56. The van der Waals surface area contributed by atoms with Crippen LogP contribution in [-0.2, 0) is 0 Å². The number of hydrogen-bond acceptors (Lipinski definition) is 3. The van der Waals surface area contributed by atoms with E-state index in [9.17, 15) is 0 Å². The normalized spacial score (nSPS) is 12.9. The molecule has 0 aromatic carbocycles. The minimum absolute atomic E-state index is 0.279. The highest BCUT2D eigenvalue weighted by molar-refractivity contribution is 9.10. The van der Waals surface area contributed by atoms with Crippen molar-refractivity contribution in [2.75, 3.05) is 11.9 Å². The van der Waals surface area contributed by atoms with Crippen molar-refractivity contribution in [1.82, 2.24) is 0 Å². The number of halogens is 1. The lowest BCUT2D eigenvalue weighted by molar-refractivity contribution is 0.691. The summed E-state index contributed by atoms with van der Waals surface area (Å²) >= 11 is 5.10. The Morgan fingerprint density at radius 3 is 3.00 bits per heavy atom. The number of thiophene rings is 1. The van der Waals surface area contributed by atoms with E-state index in [2.05, 4.69) is 32.7 Å². The zero-order valence-electron chi connectivity index (χ0n) is 7.01. The predicted molar refractivity (Wildman–Crippen MR) is 58.8 cm³/mol. The molecule has 0 bridgehead atoms. The molecular weight excluding hydrogens is 236 g/mol. The number of hydrogen-bond donors (Lipinski definition) is 2. The largest absolute Gasteiger partial charge is 0.377 e. The summed E-state index contributed by atoms with van der Waals surface area (Å²) in [6.07, 6.45) is 1.01. The van der Waals surface area contributed by atoms with Crippen LogP contribution in [0.2, 0.25) is 0 Å². The molecule has 0 saturated carbocycles. The van der Waals surface area contributed by atoms with E-state index in [0.29, 0.717) is 0 Å². The average Bonchev–Trinajstić information content (AvgIpc) is 2.35. The van der Waals surface area contributed by atoms with Crippen LogP contribution in [0.15, 0.2) is 15.9 Å². The standard InChI is InChI=1S/C8H13BrN2S/c1-6(10)2-3-11-8-4-7(9)5-12-8/h4-6,11H,2-3,10H2,1H3. The van der Waals surface area contributed by atoms with Gasteiger partial charge in [0.25, 0.3) is 0 Å². The van der Waals surface area contributed by atoms with Gasteiger partial charge in [-0.1, -0.05) is 0 Å². The molecule has 12 heavy (non-hydrogen) atoms. The molecule has 0 aliphatic heterocycles. The van der Waals surface area contributed by atoms with E-state index < -0.39 is 0 Å². The van der Waals surface area contributed by atoms with Crippen molar-refractivity contribution in [3.05, 3.63) is 15.9 Å². The minimum atomic E-state index is 0.279. The van der Waals surface area contributed by atoms with Gasteiger partial charge in [-0.25, -0.2) is 0 Å². The van der Waals surface area contributed by atoms with Crippen molar-refractivity contribution in [3.8, 4) is 0 Å². The molecule has 1 aromatic heterocycles. The Kier molecular flexibility index (Phi) is 4.05. The molecule has 0 radical (unpaired) electrons. The van der Waals surface area contributed by atoms with E-state index in [0.717, 1.165) is 17.4 Å². The molecule has 1 heterocycles. The maximum absolute atomic E-state index is 5.62. The van der Waals surface area contributed by atoms with Gasteiger partial charge in [-0.15, -0.1) is 11.3 Å². The molecule has 1 aromatic rings. The maximum atomic E-state index is 5.62. The molecule has 2 nitrogen and oxygen atoms in total. The lowest BCUT2D eigenvalue weighted by Crippen LogP contribution is -2.18. The van der Waals surface area contributed by atoms with Crippen LogP contribution in [0, 0.1) is 0 Å². The highest BCUT2D eigenvalue weighted by atomic mass is 79.9. The lowest BCUT2D eigenvalue weighted by atomic mass is 10.2. The van der Waals surface area contributed by atoms with Crippen molar-refractivity contribution < 1.29 is 0 Å². The maximum Gasteiger partial charge on any atom is 0.0894 e. The van der Waals surface area contributed by atoms with E-state index in [1.165, 1.54) is 5.00 Å². The Labute approximate surface area is 85.3 Å². The Morgan fingerprint density at radius 2 is 2.50 bits per heavy atom. The van der Waals surface area contributed by atoms with E-state index in [1.54, 1.807) is 11.3 Å². The van der Waals surface area contributed by atoms with Crippen LogP contribution in [0.4, 0.5) is 5.00 Å². The van der Waals surface area contributed by atoms with Crippen molar-refractivity contribution in [2.45, 2.75) is 19.4 Å². The Bertz CT molecular complexity index is 235. The van der Waals surface area contributed by atoms with Crippen molar-refractivity contribution in [3.63, 3.8) is 0 Å². The Balaban J connectivity index is 2.24. The highest BCUT2D eigenvalue weighted by Gasteiger charge is 1.97. The van der Waals surface area contributed by atoms with Gasteiger partial charge in [0, 0.05) is 22.4 Å². The van der Waals surface area contributed by atoms with Gasteiger partial charge < -0.3 is 11.1 Å². The third-order valence-corrected chi connectivity index (χ3v) is 3.12. The summed E-state index contributed by atoms with van der Waals surface area (Å²) in [4.78, 5) is 0. The van der Waals surface area contributed by atoms with Crippen molar-refractivity contribution in [2.24, 2.45) is 5.73 Å². The lowest BCUT2D eigenvalue weighted by Gasteiger charge is -2.05. The van der Waals surface area contributed by atoms with Crippen LogP contribution in [0.3, 0.4) is 0 Å². The van der Waals surface area contributed by atoms with Gasteiger partial charge in [-0.2, -0.15) is 0 Å². The van der Waals surface area contributed by atoms with Crippen LogP contribution >= 0.6 is 27.3 Å². The monoisotopic (exact) mass is 248 g/mol. The summed E-state index contributed by atoms with van der Waals surface area (Å²) in [5.74, 6) is 0. The minimum Gasteiger partial charge on any atom is -0.377 e. The van der Waals surface area contributed by atoms with Crippen LogP contribution in [-0.4, -0.2) is 12.6 Å². The van der Waals surface area contributed by atoms with Gasteiger partial charge >= 0.3 is 0 Å². The first-order valence-corrected chi connectivity index (χ1v) is 5.59. The molecule has 0 aliphatic carbocycles. The Morgan fingerprint density at radius 1 is 1.75 bits per heavy atom. The molecule has 1 atom stereocenters. The fourth-order valence-corrected chi connectivity index (χ4v) is 2.18. The van der Waals surface area contributed by atoms with Gasteiger partial charge in [0.1, 0.15) is 0 Å². The molecule has 0 spiro atoms. The fourth-order valence-electron chi connectivity index (χ4n) is 0.829. The third-order valence-electron chi connectivity index (χ3n) is 1.47. The Hall–Kier alpha value is -0.0600. The molecule has 4 heteroatoms. The highest BCUT2D eigenvalue weighted by Crippen LogP contribution is 2.24. The van der Waals surface area contributed by atoms with E-state index >= 15 is 0 Å². The van der Waals surface area contributed by atoms with Crippen LogP contribution in [0.1, 0.15) is 13.3 Å².